The van der Waals surface area contributed by atoms with E-state index < -0.39 is 5.91 Å². The van der Waals surface area contributed by atoms with Crippen molar-refractivity contribution in [2.45, 2.75) is 128 Å². The lowest BCUT2D eigenvalue weighted by Crippen LogP contribution is -2.56. The lowest BCUT2D eigenvalue weighted by atomic mass is 10.0. The van der Waals surface area contributed by atoms with E-state index in [1.165, 1.54) is 103 Å². The number of hydrogen-bond acceptors (Lipinski definition) is 5. The predicted octanol–water partition coefficient (Wildman–Crippen LogP) is 8.98. The van der Waals surface area contributed by atoms with Gasteiger partial charge in [-0.2, -0.15) is 0 Å². The molecule has 0 saturated carbocycles. The first-order chi connectivity index (χ1) is 20.3. The van der Waals surface area contributed by atoms with Crippen LogP contribution in [0.15, 0.2) is 60.7 Å². The van der Waals surface area contributed by atoms with Crippen LogP contribution >= 0.6 is 0 Å². The van der Waals surface area contributed by atoms with Crippen molar-refractivity contribution in [2.75, 3.05) is 26.2 Å². The van der Waals surface area contributed by atoms with Crippen LogP contribution in [-0.2, 0) is 0 Å². The van der Waals surface area contributed by atoms with Gasteiger partial charge in [0.25, 0.3) is 0 Å². The van der Waals surface area contributed by atoms with Crippen LogP contribution in [0, 0.1) is 0 Å². The maximum absolute atomic E-state index is 6.56. The summed E-state index contributed by atoms with van der Waals surface area (Å²) in [5.41, 5.74) is 5.65. The minimum Gasteiger partial charge on any atom is -0.439 e. The van der Waals surface area contributed by atoms with Crippen LogP contribution in [-0.4, -0.2) is 32.1 Å². The summed E-state index contributed by atoms with van der Waals surface area (Å²) in [6.45, 7) is 5.24. The average molecular weight is 568 g/mol. The Bertz CT molecular complexity index is 777. The molecule has 0 atom stereocenters. The van der Waals surface area contributed by atoms with Gasteiger partial charge >= 0.3 is 5.91 Å². The van der Waals surface area contributed by atoms with E-state index in [-0.39, 0.29) is 0 Å². The van der Waals surface area contributed by atoms with E-state index >= 15 is 0 Å². The molecule has 5 heteroatoms. The van der Waals surface area contributed by atoms with Crippen LogP contribution in [0.3, 0.4) is 0 Å². The number of nitrogens with one attached hydrogen (secondary N) is 2. The maximum atomic E-state index is 6.56. The van der Waals surface area contributed by atoms with E-state index in [1.807, 2.05) is 60.7 Å². The Morgan fingerprint density at radius 3 is 1.37 bits per heavy atom. The number of unbranched alkanes of at least 4 members (excludes halogenated alkanes) is 16. The number of ether oxygens (including phenoxy) is 2. The van der Waals surface area contributed by atoms with Crippen molar-refractivity contribution >= 4 is 0 Å². The predicted molar refractivity (Wildman–Crippen MR) is 176 cm³/mol. The molecule has 0 saturated heterocycles. The van der Waals surface area contributed by atoms with Crippen molar-refractivity contribution in [3.63, 3.8) is 0 Å². The molecule has 0 bridgehead atoms. The highest BCUT2D eigenvalue weighted by Crippen LogP contribution is 2.26. The second-order valence-corrected chi connectivity index (χ2v) is 11.5. The molecule has 0 radical (unpaired) electrons. The number of benzene rings is 2. The van der Waals surface area contributed by atoms with E-state index in [9.17, 15) is 0 Å². The second-order valence-electron chi connectivity index (χ2n) is 11.5. The molecule has 0 spiro atoms. The Labute approximate surface area is 252 Å². The molecule has 41 heavy (non-hydrogen) atoms. The molecule has 2 aromatic rings. The fourth-order valence-electron chi connectivity index (χ4n) is 5.29. The third-order valence-corrected chi connectivity index (χ3v) is 7.68. The van der Waals surface area contributed by atoms with Gasteiger partial charge in [0.2, 0.25) is 0 Å². The normalized spacial score (nSPS) is 11.6. The van der Waals surface area contributed by atoms with Crippen molar-refractivity contribution in [3.05, 3.63) is 60.7 Å². The fourth-order valence-corrected chi connectivity index (χ4v) is 5.29. The lowest BCUT2D eigenvalue weighted by molar-refractivity contribution is -0.146. The fraction of sp³-hybridized carbons (Fsp3) is 0.667. The molecule has 0 aromatic heterocycles. The highest BCUT2D eigenvalue weighted by atomic mass is 16.7. The van der Waals surface area contributed by atoms with Crippen molar-refractivity contribution < 1.29 is 9.47 Å². The summed E-state index contributed by atoms with van der Waals surface area (Å²) in [4.78, 5) is 0. The Kier molecular flexibility index (Phi) is 21.0. The summed E-state index contributed by atoms with van der Waals surface area (Å²) < 4.78 is 13.1. The number of hydrogen-bond donors (Lipinski definition) is 3. The Morgan fingerprint density at radius 1 is 0.537 bits per heavy atom. The van der Waals surface area contributed by atoms with Crippen LogP contribution < -0.4 is 25.8 Å². The van der Waals surface area contributed by atoms with E-state index in [0.717, 1.165) is 44.0 Å². The summed E-state index contributed by atoms with van der Waals surface area (Å²) in [6.07, 6.45) is 24.0. The van der Waals surface area contributed by atoms with Gasteiger partial charge in [0, 0.05) is 32.6 Å². The molecule has 0 heterocycles. The molecule has 0 fully saturated rings. The summed E-state index contributed by atoms with van der Waals surface area (Å²) in [6, 6.07) is 20.0. The number of nitrogens with two attached hydrogens (primary N) is 1. The van der Waals surface area contributed by atoms with Crippen LogP contribution in [0.4, 0.5) is 0 Å². The third kappa shape index (κ3) is 18.1. The van der Waals surface area contributed by atoms with Crippen molar-refractivity contribution in [1.29, 1.82) is 0 Å². The van der Waals surface area contributed by atoms with Crippen molar-refractivity contribution in [2.24, 2.45) is 5.73 Å². The zero-order valence-electron chi connectivity index (χ0n) is 26.2. The maximum Gasteiger partial charge on any atom is 0.313 e. The van der Waals surface area contributed by atoms with Crippen molar-refractivity contribution in [3.8, 4) is 11.5 Å². The minimum atomic E-state index is -0.928. The highest BCUT2D eigenvalue weighted by molar-refractivity contribution is 5.24. The van der Waals surface area contributed by atoms with Gasteiger partial charge in [0.05, 0.1) is 0 Å². The smallest absolute Gasteiger partial charge is 0.313 e. The first-order valence-corrected chi connectivity index (χ1v) is 16.9. The van der Waals surface area contributed by atoms with E-state index in [0.29, 0.717) is 6.54 Å². The second kappa shape index (κ2) is 24.5. The van der Waals surface area contributed by atoms with E-state index in [2.05, 4.69) is 17.6 Å². The monoisotopic (exact) mass is 567 g/mol. The molecular formula is C36H61N3O2. The number of para-hydroxylation sites is 2. The first kappa shape index (κ1) is 35.1. The summed E-state index contributed by atoms with van der Waals surface area (Å²) in [7, 11) is 0. The molecule has 0 aliphatic carbocycles. The van der Waals surface area contributed by atoms with Crippen LogP contribution in [0.25, 0.3) is 0 Å². The average Bonchev–Trinajstić information content (AvgIpc) is 2.99. The highest BCUT2D eigenvalue weighted by Gasteiger charge is 2.34. The van der Waals surface area contributed by atoms with E-state index in [4.69, 9.17) is 15.2 Å². The standard InChI is InChI=1S/C36H61N3O2/c1-2-3-4-5-6-7-8-9-10-11-12-13-14-15-16-17-24-29-36(39-33-32-38-31-30-37,40-34-25-20-18-21-26-34)41-35-27-22-19-23-28-35/h18-23,25-28,38-39H,2-17,24,29-33,37H2,1H3. The SMILES string of the molecule is CCCCCCCCCCCCCCCCCCCC(NCCNCCN)(Oc1ccccc1)Oc1ccccc1. The van der Waals surface area contributed by atoms with Gasteiger partial charge in [-0.05, 0) is 30.7 Å². The van der Waals surface area contributed by atoms with Gasteiger partial charge in [0.1, 0.15) is 11.5 Å². The molecule has 4 N–H and O–H groups in total. The Hall–Kier alpha value is -2.08. The summed E-state index contributed by atoms with van der Waals surface area (Å²) >= 11 is 0. The Balaban J connectivity index is 1.69. The van der Waals surface area contributed by atoms with Crippen LogP contribution in [0.5, 0.6) is 11.5 Å². The molecule has 0 unspecified atom stereocenters. The molecule has 0 amide bonds. The van der Waals surface area contributed by atoms with Gasteiger partial charge in [-0.25, -0.2) is 5.32 Å². The molecule has 2 rings (SSSR count). The van der Waals surface area contributed by atoms with Gasteiger partial charge in [-0.3, -0.25) is 0 Å². The van der Waals surface area contributed by atoms with Crippen LogP contribution in [0.2, 0.25) is 0 Å². The summed E-state index contributed by atoms with van der Waals surface area (Å²) in [5, 5.41) is 6.96. The largest absolute Gasteiger partial charge is 0.439 e. The number of rotatable bonds is 28. The van der Waals surface area contributed by atoms with E-state index in [1.54, 1.807) is 0 Å². The quantitative estimate of drug-likeness (QED) is 0.0707. The minimum absolute atomic E-state index is 0.630. The van der Waals surface area contributed by atoms with Gasteiger partial charge in [0.15, 0.2) is 0 Å². The molecule has 0 aliphatic heterocycles. The lowest BCUT2D eigenvalue weighted by Gasteiger charge is -2.35. The van der Waals surface area contributed by atoms with Crippen molar-refractivity contribution in [1.82, 2.24) is 10.6 Å². The molecular weight excluding hydrogens is 506 g/mol. The first-order valence-electron chi connectivity index (χ1n) is 16.9. The molecule has 0 aliphatic rings. The van der Waals surface area contributed by atoms with Gasteiger partial charge in [-0.1, -0.05) is 146 Å². The molecule has 2 aromatic carbocycles. The molecule has 5 nitrogen and oxygen atoms in total. The third-order valence-electron chi connectivity index (χ3n) is 7.68. The van der Waals surface area contributed by atoms with Gasteiger partial charge in [-0.15, -0.1) is 0 Å². The zero-order valence-corrected chi connectivity index (χ0v) is 26.2. The molecule has 232 valence electrons. The zero-order chi connectivity index (χ0) is 29.1. The van der Waals surface area contributed by atoms with Crippen LogP contribution in [0.1, 0.15) is 122 Å². The topological polar surface area (TPSA) is 68.5 Å². The summed E-state index contributed by atoms with van der Waals surface area (Å²) in [5.74, 6) is 0.679. The van der Waals surface area contributed by atoms with Gasteiger partial charge < -0.3 is 20.5 Å². The Morgan fingerprint density at radius 2 is 0.951 bits per heavy atom.